The quantitative estimate of drug-likeness (QED) is 0.399. The molecule has 0 aromatic carbocycles. The first kappa shape index (κ1) is 17.7. The van der Waals surface area contributed by atoms with Crippen molar-refractivity contribution in [1.29, 1.82) is 0 Å². The summed E-state index contributed by atoms with van der Waals surface area (Å²) < 4.78 is 32.2. The van der Waals surface area contributed by atoms with Crippen molar-refractivity contribution in [3.8, 4) is 0 Å². The highest BCUT2D eigenvalue weighted by Gasteiger charge is 2.58. The molecule has 10 heteroatoms. The van der Waals surface area contributed by atoms with Crippen LogP contribution < -0.4 is 5.32 Å². The van der Waals surface area contributed by atoms with Gasteiger partial charge in [0.05, 0.1) is 12.6 Å². The molecule has 0 aromatic rings. The second kappa shape index (κ2) is 6.60. The van der Waals surface area contributed by atoms with Gasteiger partial charge in [-0.2, -0.15) is 4.39 Å². The number of aliphatic hydroxyl groups is 3. The number of carbonyl (C=O) groups excluding carboxylic acids is 1. The van der Waals surface area contributed by atoms with Gasteiger partial charge >= 0.3 is 11.8 Å². The van der Waals surface area contributed by atoms with Crippen molar-refractivity contribution in [3.05, 3.63) is 0 Å². The number of aliphatic carboxylic acids is 1. The Labute approximate surface area is 118 Å². The fourth-order valence-corrected chi connectivity index (χ4v) is 2.08. The van der Waals surface area contributed by atoms with Gasteiger partial charge in [0, 0.05) is 13.3 Å². The van der Waals surface area contributed by atoms with E-state index >= 15 is 0 Å². The number of hydrogen-bond acceptors (Lipinski definition) is 6. The van der Waals surface area contributed by atoms with Crippen LogP contribution in [0.4, 0.5) is 8.78 Å². The van der Waals surface area contributed by atoms with Crippen molar-refractivity contribution in [2.75, 3.05) is 6.61 Å². The van der Waals surface area contributed by atoms with Crippen LogP contribution in [0.1, 0.15) is 13.3 Å². The molecule has 1 aliphatic rings. The third-order valence-corrected chi connectivity index (χ3v) is 3.17. The van der Waals surface area contributed by atoms with Crippen LogP contribution in [0.25, 0.3) is 0 Å². The molecular weight excluding hydrogens is 296 g/mol. The third-order valence-electron chi connectivity index (χ3n) is 3.17. The number of nitrogens with one attached hydrogen (secondary N) is 1. The molecule has 5 N–H and O–H groups in total. The topological polar surface area (TPSA) is 136 Å². The minimum Gasteiger partial charge on any atom is -0.477 e. The zero-order chi connectivity index (χ0) is 16.4. The Kier molecular flexibility index (Phi) is 5.56. The number of carbonyl (C=O) groups is 2. The maximum atomic E-state index is 14.0. The fourth-order valence-electron chi connectivity index (χ4n) is 2.08. The fraction of sp³-hybridized carbons (Fsp3) is 0.818. The molecule has 1 heterocycles. The van der Waals surface area contributed by atoms with Crippen molar-refractivity contribution < 1.29 is 43.5 Å². The number of rotatable bonds is 5. The van der Waals surface area contributed by atoms with E-state index in [4.69, 9.17) is 10.2 Å². The van der Waals surface area contributed by atoms with E-state index in [-0.39, 0.29) is 0 Å². The highest BCUT2D eigenvalue weighted by atomic mass is 19.2. The van der Waals surface area contributed by atoms with Crippen LogP contribution in [0.3, 0.4) is 0 Å². The molecule has 1 rings (SSSR count). The Bertz CT molecular complexity index is 410. The van der Waals surface area contributed by atoms with Crippen LogP contribution in [0.5, 0.6) is 0 Å². The molecule has 0 aliphatic carbocycles. The first-order valence-electron chi connectivity index (χ1n) is 6.11. The summed E-state index contributed by atoms with van der Waals surface area (Å²) in [4.78, 5) is 21.8. The normalized spacial score (nSPS) is 35.8. The van der Waals surface area contributed by atoms with E-state index in [9.17, 15) is 28.6 Å². The molecule has 0 bridgehead atoms. The van der Waals surface area contributed by atoms with Crippen LogP contribution in [0.15, 0.2) is 0 Å². The molecule has 0 spiro atoms. The van der Waals surface area contributed by atoms with Crippen molar-refractivity contribution in [3.63, 3.8) is 0 Å². The minimum atomic E-state index is -3.71. The summed E-state index contributed by atoms with van der Waals surface area (Å²) in [5, 5.41) is 38.8. The lowest BCUT2D eigenvalue weighted by Crippen LogP contribution is -2.64. The van der Waals surface area contributed by atoms with Crippen LogP contribution in [0, 0.1) is 0 Å². The maximum absolute atomic E-state index is 14.0. The highest BCUT2D eigenvalue weighted by molar-refractivity contribution is 5.77. The molecule has 8 nitrogen and oxygen atoms in total. The smallest absolute Gasteiger partial charge is 0.372 e. The second-order valence-corrected chi connectivity index (χ2v) is 4.78. The number of ether oxygens (including phenoxy) is 1. The van der Waals surface area contributed by atoms with Crippen molar-refractivity contribution in [1.82, 2.24) is 5.32 Å². The molecule has 0 aromatic heterocycles. The zero-order valence-electron chi connectivity index (χ0n) is 11.1. The van der Waals surface area contributed by atoms with Crippen molar-refractivity contribution in [2.24, 2.45) is 0 Å². The van der Waals surface area contributed by atoms with E-state index < -0.39 is 61.3 Å². The first-order chi connectivity index (χ1) is 9.63. The van der Waals surface area contributed by atoms with Gasteiger partial charge in [0.25, 0.3) is 0 Å². The van der Waals surface area contributed by atoms with E-state index in [1.54, 1.807) is 0 Å². The monoisotopic (exact) mass is 313 g/mol. The Balaban J connectivity index is 3.05. The summed E-state index contributed by atoms with van der Waals surface area (Å²) in [5.41, 5.74) is 0. The predicted molar refractivity (Wildman–Crippen MR) is 62.6 cm³/mol. The molecule has 1 amide bonds. The summed E-state index contributed by atoms with van der Waals surface area (Å²) in [5.74, 6) is -6.59. The van der Waals surface area contributed by atoms with Crippen LogP contribution >= 0.6 is 0 Å². The van der Waals surface area contributed by atoms with E-state index in [0.717, 1.165) is 6.92 Å². The Morgan fingerprint density at radius 2 is 2.05 bits per heavy atom. The SMILES string of the molecule is CC(=O)NC1CC(F)C(F)(C(=O)O)OC1C(O)C(O)CO. The summed E-state index contributed by atoms with van der Waals surface area (Å²) >= 11 is 0. The number of amides is 1. The standard InChI is InChI=1S/C11H17F2NO7/c1-4(16)14-5-2-7(12)11(13,10(19)20)21-9(5)8(18)6(17)3-15/h5-9,15,17-18H,2-3H2,1H3,(H,14,16)(H,19,20). The van der Waals surface area contributed by atoms with Crippen molar-refractivity contribution >= 4 is 11.9 Å². The number of hydrogen-bond donors (Lipinski definition) is 5. The van der Waals surface area contributed by atoms with Crippen LogP contribution in [0.2, 0.25) is 0 Å². The van der Waals surface area contributed by atoms with Gasteiger partial charge in [-0.05, 0) is 0 Å². The van der Waals surface area contributed by atoms with Gasteiger partial charge in [-0.1, -0.05) is 0 Å². The highest BCUT2D eigenvalue weighted by Crippen LogP contribution is 2.35. The van der Waals surface area contributed by atoms with Gasteiger partial charge in [-0.25, -0.2) is 9.18 Å². The number of carboxylic acid groups (broad SMARTS) is 1. The molecule has 0 radical (unpaired) electrons. The summed E-state index contributed by atoms with van der Waals surface area (Å²) in [6.07, 6.45) is -8.80. The van der Waals surface area contributed by atoms with Crippen molar-refractivity contribution in [2.45, 2.75) is 49.7 Å². The number of alkyl halides is 2. The lowest BCUT2D eigenvalue weighted by Gasteiger charge is -2.42. The molecule has 122 valence electrons. The maximum Gasteiger partial charge on any atom is 0.372 e. The van der Waals surface area contributed by atoms with E-state index in [1.807, 2.05) is 0 Å². The zero-order valence-corrected chi connectivity index (χ0v) is 11.1. The molecule has 1 aliphatic heterocycles. The van der Waals surface area contributed by atoms with Gasteiger partial charge < -0.3 is 30.5 Å². The molecule has 1 saturated heterocycles. The third kappa shape index (κ3) is 3.64. The van der Waals surface area contributed by atoms with Gasteiger partial charge in [0.2, 0.25) is 5.91 Å². The van der Waals surface area contributed by atoms with Crippen LogP contribution in [-0.2, 0) is 14.3 Å². The van der Waals surface area contributed by atoms with E-state index in [2.05, 4.69) is 10.1 Å². The second-order valence-electron chi connectivity index (χ2n) is 4.78. The lowest BCUT2D eigenvalue weighted by molar-refractivity contribution is -0.272. The Morgan fingerprint density at radius 3 is 2.48 bits per heavy atom. The Hall–Kier alpha value is -1.36. The van der Waals surface area contributed by atoms with Gasteiger partial charge in [-0.15, -0.1) is 0 Å². The molecule has 6 unspecified atom stereocenters. The Morgan fingerprint density at radius 1 is 1.48 bits per heavy atom. The minimum absolute atomic E-state index is 0.645. The molecular formula is C11H17F2NO7. The summed E-state index contributed by atoms with van der Waals surface area (Å²) in [6, 6.07) is -1.27. The number of halogens is 2. The van der Waals surface area contributed by atoms with E-state index in [0.29, 0.717) is 0 Å². The molecule has 6 atom stereocenters. The van der Waals surface area contributed by atoms with Gasteiger partial charge in [0.1, 0.15) is 18.3 Å². The van der Waals surface area contributed by atoms with Gasteiger partial charge in [0.15, 0.2) is 6.17 Å². The number of aliphatic hydroxyl groups excluding tert-OH is 3. The largest absolute Gasteiger partial charge is 0.477 e. The molecule has 0 saturated carbocycles. The summed E-state index contributed by atoms with van der Waals surface area (Å²) in [7, 11) is 0. The first-order valence-corrected chi connectivity index (χ1v) is 6.11. The lowest BCUT2D eigenvalue weighted by atomic mass is 9.90. The van der Waals surface area contributed by atoms with Gasteiger partial charge in [-0.3, -0.25) is 4.79 Å². The number of carboxylic acids is 1. The average molecular weight is 313 g/mol. The average Bonchev–Trinajstić information content (AvgIpc) is 2.40. The summed E-state index contributed by atoms with van der Waals surface area (Å²) in [6.45, 7) is 0.160. The molecule has 1 fully saturated rings. The predicted octanol–water partition coefficient (Wildman–Crippen LogP) is -1.92. The molecule has 21 heavy (non-hydrogen) atoms. The van der Waals surface area contributed by atoms with E-state index in [1.165, 1.54) is 0 Å². The van der Waals surface area contributed by atoms with Crippen LogP contribution in [-0.4, -0.2) is 75.3 Å².